The summed E-state index contributed by atoms with van der Waals surface area (Å²) in [7, 11) is 0. The summed E-state index contributed by atoms with van der Waals surface area (Å²) in [4.78, 5) is 30.3. The third-order valence-electron chi connectivity index (χ3n) is 9.01. The van der Waals surface area contributed by atoms with E-state index >= 15 is 0 Å². The number of carbonyl (C=O) groups is 1. The van der Waals surface area contributed by atoms with Crippen molar-refractivity contribution in [2.24, 2.45) is 5.92 Å². The van der Waals surface area contributed by atoms with Crippen molar-refractivity contribution in [3.8, 4) is 11.8 Å². The van der Waals surface area contributed by atoms with Gasteiger partial charge in [0, 0.05) is 80.1 Å². The number of nitrogens with zero attached hydrogens (tertiary/aromatic N) is 6. The summed E-state index contributed by atoms with van der Waals surface area (Å²) >= 11 is 0. The van der Waals surface area contributed by atoms with Gasteiger partial charge in [-0.1, -0.05) is 24.3 Å². The number of piperazine rings is 1. The fraction of sp³-hybridized carbons (Fsp3) is 0.469. The second-order valence-electron chi connectivity index (χ2n) is 11.8. The molecular formula is C32H38N6O3. The number of aromatic hydroxyl groups is 1. The summed E-state index contributed by atoms with van der Waals surface area (Å²) in [5.74, 6) is 1.77. The van der Waals surface area contributed by atoms with Gasteiger partial charge in [0.1, 0.15) is 17.9 Å². The number of hydrogen-bond donors (Lipinski definition) is 1. The van der Waals surface area contributed by atoms with Crippen LogP contribution in [0.15, 0.2) is 48.7 Å². The Labute approximate surface area is 241 Å². The van der Waals surface area contributed by atoms with Crippen LogP contribution in [0.3, 0.4) is 0 Å². The van der Waals surface area contributed by atoms with Crippen molar-refractivity contribution in [1.82, 2.24) is 19.8 Å². The molecule has 1 atom stereocenters. The van der Waals surface area contributed by atoms with Crippen molar-refractivity contribution in [3.63, 3.8) is 0 Å². The highest BCUT2D eigenvalue weighted by Crippen LogP contribution is 2.37. The summed E-state index contributed by atoms with van der Waals surface area (Å²) in [6.07, 6.45) is 8.93. The van der Waals surface area contributed by atoms with E-state index in [-0.39, 0.29) is 5.75 Å². The first-order valence-electron chi connectivity index (χ1n) is 15.0. The number of aldehydes is 1. The Balaban J connectivity index is 1.15. The number of phenolic OH excluding ortho intramolecular Hbond substituents is 1. The molecule has 1 aliphatic carbocycles. The summed E-state index contributed by atoms with van der Waals surface area (Å²) in [5, 5.41) is 12.6. The first kappa shape index (κ1) is 26.1. The van der Waals surface area contributed by atoms with E-state index in [2.05, 4.69) is 25.7 Å². The standard InChI is InChI=1S/C32H38N6O3/c39-17-3-10-35-13-15-36(16-14-35)31-28-9-12-38(30-19-26(40)18-24-4-1-2-5-27(24)30)21-29(28)33-32(34-31)41-22-23-8-11-37(20-23)25-6-7-25/h1-5,10,17-19,23,25,40H,6-9,11-16,20-22H2/t23-/m0/s1. The molecule has 2 aromatic carbocycles. The van der Waals surface area contributed by atoms with Crippen LogP contribution in [0.5, 0.6) is 11.8 Å². The van der Waals surface area contributed by atoms with Crippen LogP contribution in [-0.2, 0) is 17.8 Å². The average molecular weight is 555 g/mol. The molecule has 1 aromatic heterocycles. The minimum absolute atomic E-state index is 0.273. The van der Waals surface area contributed by atoms with Gasteiger partial charge in [-0.05, 0) is 49.8 Å². The molecule has 4 heterocycles. The summed E-state index contributed by atoms with van der Waals surface area (Å²) in [6, 6.07) is 13.2. The quantitative estimate of drug-likeness (QED) is 0.332. The molecular weight excluding hydrogens is 516 g/mol. The monoisotopic (exact) mass is 554 g/mol. The topological polar surface area (TPSA) is 85.3 Å². The highest BCUT2D eigenvalue weighted by molar-refractivity contribution is 5.95. The Morgan fingerprint density at radius 2 is 1.83 bits per heavy atom. The first-order valence-corrected chi connectivity index (χ1v) is 15.0. The zero-order valence-corrected chi connectivity index (χ0v) is 23.5. The minimum Gasteiger partial charge on any atom is -0.508 e. The Morgan fingerprint density at radius 3 is 2.66 bits per heavy atom. The number of rotatable bonds is 8. The fourth-order valence-electron chi connectivity index (χ4n) is 6.66. The maximum Gasteiger partial charge on any atom is 0.318 e. The molecule has 9 heteroatoms. The largest absolute Gasteiger partial charge is 0.508 e. The second-order valence-corrected chi connectivity index (χ2v) is 11.8. The molecule has 0 bridgehead atoms. The second kappa shape index (κ2) is 11.2. The first-order chi connectivity index (χ1) is 20.1. The molecule has 1 saturated carbocycles. The molecule has 3 aromatic rings. The molecule has 3 aliphatic heterocycles. The Bertz CT molecular complexity index is 1450. The molecule has 0 radical (unpaired) electrons. The number of carbonyl (C=O) groups excluding carboxylic acids is 1. The van der Waals surface area contributed by atoms with E-state index in [0.717, 1.165) is 86.0 Å². The number of allylic oxidation sites excluding steroid dienone is 1. The minimum atomic E-state index is 0.273. The van der Waals surface area contributed by atoms with E-state index in [1.807, 2.05) is 36.5 Å². The number of fused-ring (bicyclic) bond motifs is 2. The van der Waals surface area contributed by atoms with Gasteiger partial charge in [-0.15, -0.1) is 0 Å². The van der Waals surface area contributed by atoms with Crippen LogP contribution >= 0.6 is 0 Å². The average Bonchev–Trinajstić information content (AvgIpc) is 3.75. The Hall–Kier alpha value is -3.85. The predicted octanol–water partition coefficient (Wildman–Crippen LogP) is 3.60. The van der Waals surface area contributed by atoms with Gasteiger partial charge in [-0.3, -0.25) is 9.69 Å². The van der Waals surface area contributed by atoms with Crippen LogP contribution in [0.25, 0.3) is 10.8 Å². The van der Waals surface area contributed by atoms with Crippen LogP contribution in [0.2, 0.25) is 0 Å². The van der Waals surface area contributed by atoms with Crippen molar-refractivity contribution in [2.45, 2.75) is 38.3 Å². The lowest BCUT2D eigenvalue weighted by molar-refractivity contribution is -0.104. The van der Waals surface area contributed by atoms with Crippen LogP contribution in [0.4, 0.5) is 11.5 Å². The third-order valence-corrected chi connectivity index (χ3v) is 9.01. The molecule has 3 fully saturated rings. The van der Waals surface area contributed by atoms with E-state index in [4.69, 9.17) is 14.7 Å². The Kier molecular flexibility index (Phi) is 7.12. The lowest BCUT2D eigenvalue weighted by atomic mass is 10.0. The molecule has 0 amide bonds. The smallest absolute Gasteiger partial charge is 0.318 e. The zero-order chi connectivity index (χ0) is 27.8. The number of anilines is 2. The van der Waals surface area contributed by atoms with Gasteiger partial charge < -0.3 is 24.5 Å². The van der Waals surface area contributed by atoms with E-state index in [0.29, 0.717) is 25.1 Å². The predicted molar refractivity (Wildman–Crippen MR) is 160 cm³/mol. The van der Waals surface area contributed by atoms with Crippen LogP contribution in [0.1, 0.15) is 30.5 Å². The number of phenols is 1. The van der Waals surface area contributed by atoms with Gasteiger partial charge in [-0.25, -0.2) is 0 Å². The van der Waals surface area contributed by atoms with E-state index in [9.17, 15) is 9.90 Å². The lowest BCUT2D eigenvalue weighted by Gasteiger charge is -2.38. The van der Waals surface area contributed by atoms with Crippen molar-refractivity contribution < 1.29 is 14.6 Å². The number of aromatic nitrogens is 2. The highest BCUT2D eigenvalue weighted by Gasteiger charge is 2.35. The highest BCUT2D eigenvalue weighted by atomic mass is 16.5. The van der Waals surface area contributed by atoms with E-state index in [1.54, 1.807) is 6.08 Å². The number of benzene rings is 2. The van der Waals surface area contributed by atoms with Gasteiger partial charge in [0.25, 0.3) is 0 Å². The van der Waals surface area contributed by atoms with Crippen LogP contribution < -0.4 is 14.5 Å². The SMILES string of the molecule is O=CC=CN1CCN(c2nc(OC[C@H]3CCN(C4CC4)C3)nc3c2CCN(c2cc(O)cc4ccccc24)C3)CC1. The van der Waals surface area contributed by atoms with Crippen molar-refractivity contribution in [3.05, 3.63) is 59.9 Å². The molecule has 0 unspecified atom stereocenters. The number of hydrogen-bond acceptors (Lipinski definition) is 9. The van der Waals surface area contributed by atoms with Gasteiger partial charge in [0.05, 0.1) is 18.8 Å². The van der Waals surface area contributed by atoms with E-state index < -0.39 is 0 Å². The molecule has 4 aliphatic rings. The molecule has 1 N–H and O–H groups in total. The summed E-state index contributed by atoms with van der Waals surface area (Å²) in [5.41, 5.74) is 3.21. The molecule has 41 heavy (non-hydrogen) atoms. The maximum atomic E-state index is 10.8. The van der Waals surface area contributed by atoms with Crippen LogP contribution in [0, 0.1) is 5.92 Å². The molecule has 7 rings (SSSR count). The molecule has 2 saturated heterocycles. The van der Waals surface area contributed by atoms with Gasteiger partial charge >= 0.3 is 6.01 Å². The normalized spacial score (nSPS) is 21.6. The van der Waals surface area contributed by atoms with Gasteiger partial charge in [-0.2, -0.15) is 9.97 Å². The Morgan fingerprint density at radius 1 is 0.976 bits per heavy atom. The number of likely N-dealkylation sites (tertiary alicyclic amines) is 1. The van der Waals surface area contributed by atoms with Crippen molar-refractivity contribution in [1.29, 1.82) is 0 Å². The summed E-state index contributed by atoms with van der Waals surface area (Å²) in [6.45, 7) is 7.69. The third kappa shape index (κ3) is 5.55. The maximum absolute atomic E-state index is 10.8. The van der Waals surface area contributed by atoms with Crippen molar-refractivity contribution in [2.75, 3.05) is 62.2 Å². The molecule has 214 valence electrons. The summed E-state index contributed by atoms with van der Waals surface area (Å²) < 4.78 is 6.35. The fourth-order valence-corrected chi connectivity index (χ4v) is 6.66. The molecule has 0 spiro atoms. The number of ether oxygens (including phenoxy) is 1. The van der Waals surface area contributed by atoms with Gasteiger partial charge in [0.2, 0.25) is 0 Å². The van der Waals surface area contributed by atoms with Crippen molar-refractivity contribution >= 4 is 28.6 Å². The zero-order valence-electron chi connectivity index (χ0n) is 23.5. The van der Waals surface area contributed by atoms with Crippen LogP contribution in [-0.4, -0.2) is 89.6 Å². The van der Waals surface area contributed by atoms with Gasteiger partial charge in [0.15, 0.2) is 0 Å². The molecule has 9 nitrogen and oxygen atoms in total. The lowest BCUT2D eigenvalue weighted by Crippen LogP contribution is -2.45. The van der Waals surface area contributed by atoms with E-state index in [1.165, 1.54) is 31.4 Å².